The zero-order valence-corrected chi connectivity index (χ0v) is 14.7. The molecule has 0 unspecified atom stereocenters. The van der Waals surface area contributed by atoms with Gasteiger partial charge in [-0.05, 0) is 33.6 Å². The van der Waals surface area contributed by atoms with Crippen LogP contribution in [-0.2, 0) is 0 Å². The van der Waals surface area contributed by atoms with Gasteiger partial charge in [0, 0.05) is 37.1 Å². The molecule has 23 heavy (non-hydrogen) atoms. The second kappa shape index (κ2) is 8.13. The minimum Gasteiger partial charge on any atom is -0.341 e. The third-order valence-corrected chi connectivity index (χ3v) is 4.59. The van der Waals surface area contributed by atoms with Crippen LogP contribution in [0.1, 0.15) is 63.3 Å². The molecule has 2 amide bonds. The van der Waals surface area contributed by atoms with E-state index in [2.05, 4.69) is 32.5 Å². The first-order valence-electron chi connectivity index (χ1n) is 8.63. The molecule has 128 valence electrons. The summed E-state index contributed by atoms with van der Waals surface area (Å²) in [5.74, 6) is 0.781. The van der Waals surface area contributed by atoms with Crippen molar-refractivity contribution in [1.29, 1.82) is 0 Å². The van der Waals surface area contributed by atoms with Gasteiger partial charge < -0.3 is 15.5 Å². The van der Waals surface area contributed by atoms with Gasteiger partial charge in [0.25, 0.3) is 0 Å². The Morgan fingerprint density at radius 2 is 2.09 bits per heavy atom. The van der Waals surface area contributed by atoms with Gasteiger partial charge in [0.05, 0.1) is 6.04 Å². The van der Waals surface area contributed by atoms with E-state index < -0.39 is 0 Å². The predicted octanol–water partition coefficient (Wildman–Crippen LogP) is 2.93. The molecule has 1 aromatic heterocycles. The normalized spacial score (nSPS) is 16.7. The SMILES string of the molecule is CCNC(=O)N[C@H](C)c1cnc(N(C)C2CCCCC2)nc1C. The number of aryl methyl sites for hydroxylation is 1. The van der Waals surface area contributed by atoms with Crippen molar-refractivity contribution in [2.75, 3.05) is 18.5 Å². The summed E-state index contributed by atoms with van der Waals surface area (Å²) in [5.41, 5.74) is 1.87. The number of hydrogen-bond donors (Lipinski definition) is 2. The molecule has 1 aliphatic rings. The summed E-state index contributed by atoms with van der Waals surface area (Å²) in [6.45, 7) is 6.43. The highest BCUT2D eigenvalue weighted by Gasteiger charge is 2.21. The maximum Gasteiger partial charge on any atom is 0.315 e. The fraction of sp³-hybridized carbons (Fsp3) is 0.706. The molecule has 0 saturated heterocycles. The molecule has 0 radical (unpaired) electrons. The van der Waals surface area contributed by atoms with Crippen molar-refractivity contribution in [3.63, 3.8) is 0 Å². The van der Waals surface area contributed by atoms with Crippen LogP contribution in [0.4, 0.5) is 10.7 Å². The van der Waals surface area contributed by atoms with E-state index in [1.54, 1.807) is 0 Å². The standard InChI is InChI=1S/C17H29N5O/c1-5-18-17(23)21-13(3)15-11-19-16(20-12(15)2)22(4)14-9-7-6-8-10-14/h11,13-14H,5-10H2,1-4H3,(H2,18,21,23)/t13-/m1/s1. The highest BCUT2D eigenvalue weighted by Crippen LogP contribution is 2.25. The van der Waals surface area contributed by atoms with Crippen LogP contribution in [0.2, 0.25) is 0 Å². The molecule has 2 N–H and O–H groups in total. The summed E-state index contributed by atoms with van der Waals surface area (Å²) in [5, 5.41) is 5.65. The summed E-state index contributed by atoms with van der Waals surface area (Å²) in [6, 6.07) is 0.262. The van der Waals surface area contributed by atoms with Gasteiger partial charge in [0.15, 0.2) is 0 Å². The highest BCUT2D eigenvalue weighted by atomic mass is 16.2. The van der Waals surface area contributed by atoms with Crippen molar-refractivity contribution in [1.82, 2.24) is 20.6 Å². The molecule has 1 aromatic rings. The van der Waals surface area contributed by atoms with Crippen LogP contribution in [0.25, 0.3) is 0 Å². The lowest BCUT2D eigenvalue weighted by Gasteiger charge is -2.31. The zero-order chi connectivity index (χ0) is 16.8. The average molecular weight is 319 g/mol. The number of anilines is 1. The molecule has 1 fully saturated rings. The first kappa shape index (κ1) is 17.5. The maximum absolute atomic E-state index is 11.6. The molecule has 1 atom stereocenters. The number of urea groups is 1. The minimum absolute atomic E-state index is 0.115. The Balaban J connectivity index is 2.06. The molecule has 0 aliphatic heterocycles. The molecule has 1 heterocycles. The summed E-state index contributed by atoms with van der Waals surface area (Å²) >= 11 is 0. The van der Waals surface area contributed by atoms with E-state index in [0.29, 0.717) is 12.6 Å². The van der Waals surface area contributed by atoms with Gasteiger partial charge >= 0.3 is 6.03 Å². The molecule has 1 aliphatic carbocycles. The second-order valence-corrected chi connectivity index (χ2v) is 6.34. The Bertz CT molecular complexity index is 528. The first-order chi connectivity index (χ1) is 11.0. The van der Waals surface area contributed by atoms with Crippen LogP contribution in [0.5, 0.6) is 0 Å². The number of amides is 2. The fourth-order valence-electron chi connectivity index (χ4n) is 3.18. The quantitative estimate of drug-likeness (QED) is 0.875. The largest absolute Gasteiger partial charge is 0.341 e. The van der Waals surface area contributed by atoms with Gasteiger partial charge in [-0.15, -0.1) is 0 Å². The van der Waals surface area contributed by atoms with Crippen molar-refractivity contribution in [2.24, 2.45) is 0 Å². The molecule has 0 aromatic carbocycles. The van der Waals surface area contributed by atoms with Gasteiger partial charge in [-0.3, -0.25) is 0 Å². The predicted molar refractivity (Wildman–Crippen MR) is 92.7 cm³/mol. The number of hydrogen-bond acceptors (Lipinski definition) is 4. The number of nitrogens with zero attached hydrogens (tertiary/aromatic N) is 3. The van der Waals surface area contributed by atoms with Crippen LogP contribution in [0, 0.1) is 6.92 Å². The average Bonchev–Trinajstić information content (AvgIpc) is 2.54. The van der Waals surface area contributed by atoms with Crippen molar-refractivity contribution < 1.29 is 4.79 Å². The minimum atomic E-state index is -0.164. The number of carbonyl (C=O) groups excluding carboxylic acids is 1. The van der Waals surface area contributed by atoms with Crippen molar-refractivity contribution in [3.05, 3.63) is 17.5 Å². The lowest BCUT2D eigenvalue weighted by Crippen LogP contribution is -2.37. The third kappa shape index (κ3) is 4.56. The van der Waals surface area contributed by atoms with Crippen molar-refractivity contribution >= 4 is 12.0 Å². The van der Waals surface area contributed by atoms with Crippen LogP contribution in [-0.4, -0.2) is 35.6 Å². The van der Waals surface area contributed by atoms with Gasteiger partial charge in [-0.25, -0.2) is 14.8 Å². The topological polar surface area (TPSA) is 70.2 Å². The molecule has 1 saturated carbocycles. The van der Waals surface area contributed by atoms with Crippen LogP contribution >= 0.6 is 0 Å². The third-order valence-electron chi connectivity index (χ3n) is 4.59. The smallest absolute Gasteiger partial charge is 0.315 e. The maximum atomic E-state index is 11.6. The zero-order valence-electron chi connectivity index (χ0n) is 14.7. The molecule has 6 nitrogen and oxygen atoms in total. The molecular weight excluding hydrogens is 290 g/mol. The molecule has 6 heteroatoms. The summed E-state index contributed by atoms with van der Waals surface area (Å²) < 4.78 is 0. The van der Waals surface area contributed by atoms with E-state index in [-0.39, 0.29) is 12.1 Å². The summed E-state index contributed by atoms with van der Waals surface area (Å²) in [4.78, 5) is 23.1. The lowest BCUT2D eigenvalue weighted by atomic mass is 9.95. The van der Waals surface area contributed by atoms with E-state index in [0.717, 1.165) is 17.2 Å². The van der Waals surface area contributed by atoms with Gasteiger partial charge in [-0.2, -0.15) is 0 Å². The number of nitrogens with one attached hydrogen (secondary N) is 2. The Kier molecular flexibility index (Phi) is 6.19. The van der Waals surface area contributed by atoms with Gasteiger partial charge in [-0.1, -0.05) is 19.3 Å². The molecule has 0 spiro atoms. The first-order valence-corrected chi connectivity index (χ1v) is 8.63. The molecule has 0 bridgehead atoms. The van der Waals surface area contributed by atoms with Gasteiger partial charge in [0.1, 0.15) is 0 Å². The van der Waals surface area contributed by atoms with Crippen LogP contribution in [0.3, 0.4) is 0 Å². The van der Waals surface area contributed by atoms with Crippen molar-refractivity contribution in [3.8, 4) is 0 Å². The second-order valence-electron chi connectivity index (χ2n) is 6.34. The number of rotatable bonds is 5. The van der Waals surface area contributed by atoms with E-state index in [1.165, 1.54) is 32.1 Å². The van der Waals surface area contributed by atoms with E-state index in [4.69, 9.17) is 0 Å². The van der Waals surface area contributed by atoms with E-state index >= 15 is 0 Å². The lowest BCUT2D eigenvalue weighted by molar-refractivity contribution is 0.238. The van der Waals surface area contributed by atoms with Gasteiger partial charge in [0.2, 0.25) is 5.95 Å². The Morgan fingerprint density at radius 3 is 2.70 bits per heavy atom. The molecule has 2 rings (SSSR count). The summed E-state index contributed by atoms with van der Waals surface area (Å²) in [6.07, 6.45) is 8.20. The van der Waals surface area contributed by atoms with Crippen LogP contribution in [0.15, 0.2) is 6.20 Å². The number of carbonyl (C=O) groups is 1. The van der Waals surface area contributed by atoms with Crippen molar-refractivity contribution in [2.45, 2.75) is 65.0 Å². The summed E-state index contributed by atoms with van der Waals surface area (Å²) in [7, 11) is 2.08. The Hall–Kier alpha value is -1.85. The van der Waals surface area contributed by atoms with Crippen LogP contribution < -0.4 is 15.5 Å². The Labute approximate surface area is 139 Å². The van der Waals surface area contributed by atoms with E-state index in [9.17, 15) is 4.79 Å². The number of aromatic nitrogens is 2. The molecular formula is C17H29N5O. The monoisotopic (exact) mass is 319 g/mol. The fourth-order valence-corrected chi connectivity index (χ4v) is 3.18. The van der Waals surface area contributed by atoms with E-state index in [1.807, 2.05) is 27.0 Å². The highest BCUT2D eigenvalue weighted by molar-refractivity contribution is 5.74. The Morgan fingerprint density at radius 1 is 1.39 bits per heavy atom.